The zero-order valence-electron chi connectivity index (χ0n) is 11.3. The minimum Gasteiger partial charge on any atom is -0.305 e. The van der Waals surface area contributed by atoms with Gasteiger partial charge in [-0.15, -0.1) is 11.3 Å². The topological polar surface area (TPSA) is 12.0 Å². The molecule has 0 aliphatic heterocycles. The Hall–Kier alpha value is -1.26. The summed E-state index contributed by atoms with van der Waals surface area (Å²) in [5.41, 5.74) is 1.93. The van der Waals surface area contributed by atoms with Gasteiger partial charge in [0.05, 0.1) is 0 Å². The Morgan fingerprint density at radius 1 is 1.16 bits per heavy atom. The first kappa shape index (κ1) is 14.2. The lowest BCUT2D eigenvalue weighted by Gasteiger charge is -2.15. The van der Waals surface area contributed by atoms with E-state index in [9.17, 15) is 8.78 Å². The molecule has 1 atom stereocenters. The molecule has 0 bridgehead atoms. The van der Waals surface area contributed by atoms with Crippen LogP contribution < -0.4 is 5.32 Å². The zero-order chi connectivity index (χ0) is 14.0. The maximum absolute atomic E-state index is 13.8. The van der Waals surface area contributed by atoms with Crippen LogP contribution in [0.3, 0.4) is 0 Å². The van der Waals surface area contributed by atoms with Crippen LogP contribution in [-0.2, 0) is 6.54 Å². The van der Waals surface area contributed by atoms with E-state index in [-0.39, 0.29) is 17.7 Å². The standard InChI is InChI=1S/C15H17F2NS/c1-9-4-5-19-15(9)8-18-11(3)12-7-13(16)10(2)6-14(12)17/h4-7,11,18H,8H2,1-3H3. The molecule has 2 aromatic rings. The third kappa shape index (κ3) is 3.19. The molecule has 0 saturated heterocycles. The summed E-state index contributed by atoms with van der Waals surface area (Å²) < 4.78 is 27.3. The van der Waals surface area contributed by atoms with Crippen LogP contribution in [0.5, 0.6) is 0 Å². The normalized spacial score (nSPS) is 12.7. The van der Waals surface area contributed by atoms with Crippen molar-refractivity contribution in [3.8, 4) is 0 Å². The highest BCUT2D eigenvalue weighted by atomic mass is 32.1. The van der Waals surface area contributed by atoms with Crippen LogP contribution >= 0.6 is 11.3 Å². The quantitative estimate of drug-likeness (QED) is 0.870. The van der Waals surface area contributed by atoms with E-state index in [0.717, 1.165) is 0 Å². The van der Waals surface area contributed by atoms with Crippen LogP contribution in [0, 0.1) is 25.5 Å². The SMILES string of the molecule is Cc1cc(F)c(C(C)NCc2sccc2C)cc1F. The molecule has 0 aliphatic carbocycles. The van der Waals surface area contributed by atoms with Gasteiger partial charge in [-0.3, -0.25) is 0 Å². The molecule has 0 saturated carbocycles. The molecule has 1 aromatic heterocycles. The van der Waals surface area contributed by atoms with E-state index < -0.39 is 0 Å². The molecule has 19 heavy (non-hydrogen) atoms. The lowest BCUT2D eigenvalue weighted by atomic mass is 10.0. The second-order valence-corrected chi connectivity index (χ2v) is 5.75. The Labute approximate surface area is 116 Å². The van der Waals surface area contributed by atoms with E-state index in [4.69, 9.17) is 0 Å². The lowest BCUT2D eigenvalue weighted by molar-refractivity contribution is 0.518. The average Bonchev–Trinajstić information content (AvgIpc) is 2.76. The second kappa shape index (κ2) is 5.80. The van der Waals surface area contributed by atoms with Crippen LogP contribution in [0.4, 0.5) is 8.78 Å². The highest BCUT2D eigenvalue weighted by Crippen LogP contribution is 2.22. The summed E-state index contributed by atoms with van der Waals surface area (Å²) in [5.74, 6) is -0.723. The molecule has 0 aliphatic rings. The van der Waals surface area contributed by atoms with Gasteiger partial charge in [0.2, 0.25) is 0 Å². The number of nitrogens with one attached hydrogen (secondary N) is 1. The predicted molar refractivity (Wildman–Crippen MR) is 75.4 cm³/mol. The molecule has 0 radical (unpaired) electrons. The number of benzene rings is 1. The molecule has 0 spiro atoms. The summed E-state index contributed by atoms with van der Waals surface area (Å²) in [7, 11) is 0. The summed E-state index contributed by atoms with van der Waals surface area (Å²) in [4.78, 5) is 1.22. The Kier molecular flexibility index (Phi) is 4.32. The van der Waals surface area contributed by atoms with Crippen molar-refractivity contribution in [2.24, 2.45) is 0 Å². The molecule has 1 unspecified atom stereocenters. The largest absolute Gasteiger partial charge is 0.305 e. The van der Waals surface area contributed by atoms with E-state index in [0.29, 0.717) is 17.7 Å². The Bertz CT molecular complexity index is 578. The van der Waals surface area contributed by atoms with Gasteiger partial charge in [-0.1, -0.05) is 0 Å². The predicted octanol–water partition coefficient (Wildman–Crippen LogP) is 4.49. The highest BCUT2D eigenvalue weighted by molar-refractivity contribution is 7.10. The van der Waals surface area contributed by atoms with Crippen LogP contribution in [0.15, 0.2) is 23.6 Å². The van der Waals surface area contributed by atoms with Crippen molar-refractivity contribution in [2.75, 3.05) is 0 Å². The molecule has 0 fully saturated rings. The van der Waals surface area contributed by atoms with Gasteiger partial charge in [0, 0.05) is 23.0 Å². The highest BCUT2D eigenvalue weighted by Gasteiger charge is 2.14. The fraction of sp³-hybridized carbons (Fsp3) is 0.333. The third-order valence-corrected chi connectivity index (χ3v) is 4.30. The number of hydrogen-bond acceptors (Lipinski definition) is 2. The van der Waals surface area contributed by atoms with E-state index in [2.05, 4.69) is 11.4 Å². The van der Waals surface area contributed by atoms with Crippen molar-refractivity contribution >= 4 is 11.3 Å². The van der Waals surface area contributed by atoms with Gasteiger partial charge in [-0.05, 0) is 55.5 Å². The first-order valence-electron chi connectivity index (χ1n) is 6.21. The van der Waals surface area contributed by atoms with Crippen molar-refractivity contribution in [2.45, 2.75) is 33.4 Å². The fourth-order valence-electron chi connectivity index (χ4n) is 1.93. The summed E-state index contributed by atoms with van der Waals surface area (Å²) in [5, 5.41) is 5.26. The van der Waals surface area contributed by atoms with Crippen molar-refractivity contribution in [1.82, 2.24) is 5.32 Å². The molecular formula is C15H17F2NS. The monoisotopic (exact) mass is 281 g/mol. The van der Waals surface area contributed by atoms with Gasteiger partial charge in [0.15, 0.2) is 0 Å². The Balaban J connectivity index is 2.10. The molecule has 1 nitrogen and oxygen atoms in total. The van der Waals surface area contributed by atoms with Gasteiger partial charge in [-0.25, -0.2) is 8.78 Å². The number of thiophene rings is 1. The minimum atomic E-state index is -0.364. The molecule has 102 valence electrons. The van der Waals surface area contributed by atoms with Crippen LogP contribution in [0.25, 0.3) is 0 Å². The van der Waals surface area contributed by atoms with E-state index in [1.165, 1.54) is 22.6 Å². The van der Waals surface area contributed by atoms with E-state index >= 15 is 0 Å². The fourth-order valence-corrected chi connectivity index (χ4v) is 2.79. The van der Waals surface area contributed by atoms with Crippen LogP contribution in [0.2, 0.25) is 0 Å². The molecule has 1 N–H and O–H groups in total. The first-order chi connectivity index (χ1) is 8.99. The van der Waals surface area contributed by atoms with Crippen molar-refractivity contribution in [1.29, 1.82) is 0 Å². The molecule has 4 heteroatoms. The number of hydrogen-bond donors (Lipinski definition) is 1. The second-order valence-electron chi connectivity index (χ2n) is 4.75. The first-order valence-corrected chi connectivity index (χ1v) is 7.09. The van der Waals surface area contributed by atoms with Crippen molar-refractivity contribution < 1.29 is 8.78 Å². The van der Waals surface area contributed by atoms with Crippen LogP contribution in [0.1, 0.15) is 34.5 Å². The van der Waals surface area contributed by atoms with Crippen LogP contribution in [-0.4, -0.2) is 0 Å². The maximum atomic E-state index is 13.8. The summed E-state index contributed by atoms with van der Waals surface area (Å²) in [6.07, 6.45) is 0. The van der Waals surface area contributed by atoms with Gasteiger partial charge in [0.25, 0.3) is 0 Å². The minimum absolute atomic E-state index is 0.225. The van der Waals surface area contributed by atoms with E-state index in [1.807, 2.05) is 19.2 Å². The lowest BCUT2D eigenvalue weighted by Crippen LogP contribution is -2.19. The zero-order valence-corrected chi connectivity index (χ0v) is 12.1. The van der Waals surface area contributed by atoms with E-state index in [1.54, 1.807) is 18.3 Å². The third-order valence-electron chi connectivity index (χ3n) is 3.28. The summed E-state index contributed by atoms with van der Waals surface area (Å²) in [6, 6.07) is 4.36. The molecule has 2 rings (SSSR count). The molecule has 0 amide bonds. The molecule has 1 aromatic carbocycles. The number of aryl methyl sites for hydroxylation is 2. The van der Waals surface area contributed by atoms with Gasteiger partial charge in [-0.2, -0.15) is 0 Å². The molecular weight excluding hydrogens is 264 g/mol. The summed E-state index contributed by atoms with van der Waals surface area (Å²) >= 11 is 1.67. The van der Waals surface area contributed by atoms with Crippen molar-refractivity contribution in [3.63, 3.8) is 0 Å². The van der Waals surface area contributed by atoms with Gasteiger partial charge >= 0.3 is 0 Å². The van der Waals surface area contributed by atoms with Gasteiger partial charge in [0.1, 0.15) is 11.6 Å². The number of halogens is 2. The van der Waals surface area contributed by atoms with Gasteiger partial charge < -0.3 is 5.32 Å². The number of rotatable bonds is 4. The smallest absolute Gasteiger partial charge is 0.128 e. The maximum Gasteiger partial charge on any atom is 0.128 e. The summed E-state index contributed by atoms with van der Waals surface area (Å²) in [6.45, 7) is 6.12. The van der Waals surface area contributed by atoms with Crippen molar-refractivity contribution in [3.05, 3.63) is 56.8 Å². The average molecular weight is 281 g/mol. The molecule has 1 heterocycles. The Morgan fingerprint density at radius 2 is 1.89 bits per heavy atom. The Morgan fingerprint density at radius 3 is 2.53 bits per heavy atom.